The Hall–Kier alpha value is -2.34. The van der Waals surface area contributed by atoms with Crippen molar-refractivity contribution in [1.82, 2.24) is 0 Å². The van der Waals surface area contributed by atoms with E-state index in [9.17, 15) is 10.1 Å². The van der Waals surface area contributed by atoms with E-state index in [4.69, 9.17) is 14.9 Å². The Morgan fingerprint density at radius 2 is 1.85 bits per heavy atom. The molecule has 6 nitrogen and oxygen atoms in total. The molecular weight excluding hydrogens is 260 g/mol. The predicted molar refractivity (Wildman–Crippen MR) is 73.5 cm³/mol. The molecule has 1 aromatic carbocycles. The van der Waals surface area contributed by atoms with E-state index >= 15 is 0 Å². The minimum absolute atomic E-state index is 0.0411. The van der Waals surface area contributed by atoms with E-state index in [1.807, 2.05) is 12.1 Å². The van der Waals surface area contributed by atoms with Crippen LogP contribution in [0.3, 0.4) is 0 Å². The van der Waals surface area contributed by atoms with Crippen LogP contribution in [0.5, 0.6) is 5.75 Å². The number of furan rings is 1. The van der Waals surface area contributed by atoms with Gasteiger partial charge in [0, 0.05) is 18.6 Å². The summed E-state index contributed by atoms with van der Waals surface area (Å²) in [7, 11) is 0. The number of ether oxygens (including phenoxy) is 1. The topological polar surface area (TPSA) is 91.5 Å². The Kier molecular flexibility index (Phi) is 4.73. The smallest absolute Gasteiger partial charge is 0.269 e. The highest BCUT2D eigenvalue weighted by atomic mass is 16.6. The summed E-state index contributed by atoms with van der Waals surface area (Å²) in [6, 6.07) is 9.71. The van der Waals surface area contributed by atoms with E-state index in [0.29, 0.717) is 18.9 Å². The van der Waals surface area contributed by atoms with Crippen molar-refractivity contribution < 1.29 is 14.1 Å². The van der Waals surface area contributed by atoms with Crippen LogP contribution in [-0.2, 0) is 13.0 Å². The van der Waals surface area contributed by atoms with Crippen LogP contribution in [-0.4, -0.2) is 11.5 Å². The number of hydrogen-bond acceptors (Lipinski definition) is 5. The number of rotatable bonds is 7. The lowest BCUT2D eigenvalue weighted by Crippen LogP contribution is -1.99. The van der Waals surface area contributed by atoms with Crippen LogP contribution >= 0.6 is 0 Å². The number of benzene rings is 1. The number of nitrogens with two attached hydrogens (primary N) is 1. The molecule has 0 unspecified atom stereocenters. The zero-order valence-electron chi connectivity index (χ0n) is 11.0. The van der Waals surface area contributed by atoms with E-state index in [1.165, 1.54) is 12.1 Å². The lowest BCUT2D eigenvalue weighted by molar-refractivity contribution is -0.384. The highest BCUT2D eigenvalue weighted by Crippen LogP contribution is 2.19. The van der Waals surface area contributed by atoms with Gasteiger partial charge in [0.2, 0.25) is 0 Å². The third-order valence-corrected chi connectivity index (χ3v) is 2.77. The van der Waals surface area contributed by atoms with Gasteiger partial charge < -0.3 is 14.9 Å². The third kappa shape index (κ3) is 3.83. The number of nitro groups is 1. The summed E-state index contributed by atoms with van der Waals surface area (Å²) >= 11 is 0. The lowest BCUT2D eigenvalue weighted by atomic mass is 10.2. The standard InChI is InChI=1S/C14H16N2O4/c15-9-1-2-13-7-8-14(20-13)10-19-12-5-3-11(4-6-12)16(17)18/h3-8H,1-2,9-10,15H2. The first-order chi connectivity index (χ1) is 9.69. The zero-order chi connectivity index (χ0) is 14.4. The van der Waals surface area contributed by atoms with E-state index in [-0.39, 0.29) is 5.69 Å². The number of aryl methyl sites for hydroxylation is 1. The summed E-state index contributed by atoms with van der Waals surface area (Å²) in [5, 5.41) is 10.5. The summed E-state index contributed by atoms with van der Waals surface area (Å²) < 4.78 is 11.1. The molecule has 2 rings (SSSR count). The van der Waals surface area contributed by atoms with Gasteiger partial charge in [-0.05, 0) is 37.2 Å². The normalized spacial score (nSPS) is 10.4. The maximum absolute atomic E-state index is 10.5. The summed E-state index contributed by atoms with van der Waals surface area (Å²) in [6.07, 6.45) is 1.70. The van der Waals surface area contributed by atoms with E-state index in [2.05, 4.69) is 0 Å². The molecule has 1 aromatic heterocycles. The molecule has 0 aliphatic rings. The number of hydrogen-bond donors (Lipinski definition) is 1. The maximum Gasteiger partial charge on any atom is 0.269 e. The van der Waals surface area contributed by atoms with E-state index in [0.717, 1.165) is 24.4 Å². The molecule has 106 valence electrons. The van der Waals surface area contributed by atoms with Gasteiger partial charge in [0.05, 0.1) is 4.92 Å². The molecule has 2 aromatic rings. The molecule has 0 spiro atoms. The number of nitrogens with zero attached hydrogens (tertiary/aromatic N) is 1. The second-order valence-corrected chi connectivity index (χ2v) is 4.30. The molecule has 0 aliphatic heterocycles. The molecule has 2 N–H and O–H groups in total. The van der Waals surface area contributed by atoms with Crippen molar-refractivity contribution in [1.29, 1.82) is 0 Å². The fraction of sp³-hybridized carbons (Fsp3) is 0.286. The quantitative estimate of drug-likeness (QED) is 0.620. The molecule has 0 saturated heterocycles. The number of nitro benzene ring substituents is 1. The van der Waals surface area contributed by atoms with Crippen LogP contribution in [0.25, 0.3) is 0 Å². The van der Waals surface area contributed by atoms with Crippen molar-refractivity contribution in [3.05, 3.63) is 58.0 Å². The van der Waals surface area contributed by atoms with Crippen LogP contribution in [0.1, 0.15) is 17.9 Å². The van der Waals surface area contributed by atoms with Crippen LogP contribution in [0.2, 0.25) is 0 Å². The Balaban J connectivity index is 1.88. The summed E-state index contributed by atoms with van der Waals surface area (Å²) in [4.78, 5) is 10.1. The van der Waals surface area contributed by atoms with Crippen molar-refractivity contribution in [2.45, 2.75) is 19.4 Å². The van der Waals surface area contributed by atoms with Gasteiger partial charge in [-0.1, -0.05) is 0 Å². The second kappa shape index (κ2) is 6.72. The molecule has 0 radical (unpaired) electrons. The van der Waals surface area contributed by atoms with Crippen molar-refractivity contribution in [2.75, 3.05) is 6.54 Å². The third-order valence-electron chi connectivity index (χ3n) is 2.77. The Labute approximate surface area is 116 Å². The van der Waals surface area contributed by atoms with Gasteiger partial charge in [0.1, 0.15) is 23.9 Å². The second-order valence-electron chi connectivity index (χ2n) is 4.30. The molecule has 0 aliphatic carbocycles. The van der Waals surface area contributed by atoms with Crippen LogP contribution in [0.15, 0.2) is 40.8 Å². The molecule has 0 amide bonds. The Bertz CT molecular complexity index is 563. The van der Waals surface area contributed by atoms with Gasteiger partial charge in [0.25, 0.3) is 5.69 Å². The van der Waals surface area contributed by atoms with Crippen LogP contribution in [0, 0.1) is 10.1 Å². The van der Waals surface area contributed by atoms with Crippen LogP contribution < -0.4 is 10.5 Å². The van der Waals surface area contributed by atoms with Gasteiger partial charge in [0.15, 0.2) is 0 Å². The molecule has 0 atom stereocenters. The highest BCUT2D eigenvalue weighted by Gasteiger charge is 2.06. The molecule has 6 heteroatoms. The molecule has 0 saturated carbocycles. The van der Waals surface area contributed by atoms with E-state index in [1.54, 1.807) is 12.1 Å². The summed E-state index contributed by atoms with van der Waals surface area (Å²) in [5.74, 6) is 2.17. The number of non-ortho nitro benzene ring substituents is 1. The average Bonchev–Trinajstić information content (AvgIpc) is 2.91. The van der Waals surface area contributed by atoms with Crippen molar-refractivity contribution in [3.63, 3.8) is 0 Å². The summed E-state index contributed by atoms with van der Waals surface area (Å²) in [6.45, 7) is 0.926. The summed E-state index contributed by atoms with van der Waals surface area (Å²) in [5.41, 5.74) is 5.48. The highest BCUT2D eigenvalue weighted by molar-refractivity contribution is 5.36. The zero-order valence-corrected chi connectivity index (χ0v) is 11.0. The lowest BCUT2D eigenvalue weighted by Gasteiger charge is -2.03. The average molecular weight is 276 g/mol. The van der Waals surface area contributed by atoms with Gasteiger partial charge in [-0.2, -0.15) is 0 Å². The Morgan fingerprint density at radius 3 is 2.50 bits per heavy atom. The first kappa shape index (κ1) is 14.1. The molecular formula is C14H16N2O4. The minimum Gasteiger partial charge on any atom is -0.486 e. The van der Waals surface area contributed by atoms with Crippen molar-refractivity contribution >= 4 is 5.69 Å². The van der Waals surface area contributed by atoms with Gasteiger partial charge >= 0.3 is 0 Å². The molecule has 0 fully saturated rings. The fourth-order valence-corrected chi connectivity index (χ4v) is 1.73. The van der Waals surface area contributed by atoms with Crippen molar-refractivity contribution in [3.8, 4) is 5.75 Å². The van der Waals surface area contributed by atoms with Gasteiger partial charge in [-0.15, -0.1) is 0 Å². The van der Waals surface area contributed by atoms with Crippen molar-refractivity contribution in [2.24, 2.45) is 5.73 Å². The predicted octanol–water partition coefficient (Wildman–Crippen LogP) is 2.66. The van der Waals surface area contributed by atoms with E-state index < -0.39 is 4.92 Å². The largest absolute Gasteiger partial charge is 0.486 e. The Morgan fingerprint density at radius 1 is 1.15 bits per heavy atom. The fourth-order valence-electron chi connectivity index (χ4n) is 1.73. The molecule has 20 heavy (non-hydrogen) atoms. The monoisotopic (exact) mass is 276 g/mol. The first-order valence-electron chi connectivity index (χ1n) is 6.34. The minimum atomic E-state index is -0.444. The van der Waals surface area contributed by atoms with Gasteiger partial charge in [-0.25, -0.2) is 0 Å². The maximum atomic E-state index is 10.5. The first-order valence-corrected chi connectivity index (χ1v) is 6.34. The van der Waals surface area contributed by atoms with Gasteiger partial charge in [-0.3, -0.25) is 10.1 Å². The van der Waals surface area contributed by atoms with Crippen LogP contribution in [0.4, 0.5) is 5.69 Å². The molecule has 0 bridgehead atoms. The molecule has 1 heterocycles. The SMILES string of the molecule is NCCCc1ccc(COc2ccc([N+](=O)[O-])cc2)o1.